The first-order chi connectivity index (χ1) is 12.9. The Balaban J connectivity index is 1.88. The number of hydrogen-bond donors (Lipinski definition) is 1. The minimum absolute atomic E-state index is 0.216. The molecule has 0 saturated carbocycles. The predicted molar refractivity (Wildman–Crippen MR) is 112 cm³/mol. The molecule has 3 rings (SSSR count). The summed E-state index contributed by atoms with van der Waals surface area (Å²) in [5.74, 6) is 0. The molecular formula is C23H23NO2S. The van der Waals surface area contributed by atoms with Gasteiger partial charge in [0, 0.05) is 6.54 Å². The molecule has 0 aromatic heterocycles. The fourth-order valence-corrected chi connectivity index (χ4v) is 3.73. The summed E-state index contributed by atoms with van der Waals surface area (Å²) in [6.07, 6.45) is 2.02. The molecule has 4 heteroatoms. The molecule has 0 fully saturated rings. The number of rotatable bonds is 6. The van der Waals surface area contributed by atoms with E-state index in [0.29, 0.717) is 0 Å². The van der Waals surface area contributed by atoms with E-state index in [9.17, 15) is 8.42 Å². The van der Waals surface area contributed by atoms with Gasteiger partial charge in [-0.15, -0.1) is 0 Å². The van der Waals surface area contributed by atoms with Crippen molar-refractivity contribution in [3.05, 3.63) is 101 Å². The van der Waals surface area contributed by atoms with Crippen molar-refractivity contribution in [1.82, 2.24) is 4.72 Å². The van der Waals surface area contributed by atoms with Crippen LogP contribution in [0.25, 0.3) is 11.6 Å². The summed E-state index contributed by atoms with van der Waals surface area (Å²) in [6, 6.07) is 24.8. The van der Waals surface area contributed by atoms with Gasteiger partial charge in [0.1, 0.15) is 0 Å². The number of sulfonamides is 1. The first-order valence-electron chi connectivity index (χ1n) is 8.83. The van der Waals surface area contributed by atoms with E-state index in [1.165, 1.54) is 5.56 Å². The highest BCUT2D eigenvalue weighted by molar-refractivity contribution is 7.89. The van der Waals surface area contributed by atoms with Crippen LogP contribution in [0.1, 0.15) is 22.3 Å². The molecule has 138 valence electrons. The Morgan fingerprint density at radius 1 is 0.815 bits per heavy atom. The fourth-order valence-electron chi connectivity index (χ4n) is 2.73. The van der Waals surface area contributed by atoms with Crippen molar-refractivity contribution in [2.45, 2.75) is 18.7 Å². The summed E-state index contributed by atoms with van der Waals surface area (Å²) >= 11 is 0. The molecule has 0 aliphatic heterocycles. The maximum absolute atomic E-state index is 12.6. The van der Waals surface area contributed by atoms with Gasteiger partial charge < -0.3 is 0 Å². The van der Waals surface area contributed by atoms with Crippen LogP contribution in [0.4, 0.5) is 0 Å². The molecule has 0 spiro atoms. The molecule has 0 atom stereocenters. The number of aryl methyl sites for hydroxylation is 2. The van der Waals surface area contributed by atoms with E-state index in [1.807, 2.05) is 74.5 Å². The Bertz CT molecular complexity index is 1020. The Morgan fingerprint density at radius 3 is 1.96 bits per heavy atom. The number of nitrogens with one attached hydrogen (secondary N) is 1. The average molecular weight is 378 g/mol. The van der Waals surface area contributed by atoms with Crippen LogP contribution < -0.4 is 4.72 Å². The zero-order valence-electron chi connectivity index (χ0n) is 15.5. The molecule has 0 aliphatic rings. The zero-order chi connectivity index (χ0) is 19.3. The lowest BCUT2D eigenvalue weighted by Gasteiger charge is -2.11. The van der Waals surface area contributed by atoms with E-state index in [1.54, 1.807) is 24.3 Å². The smallest absolute Gasteiger partial charge is 0.207 e. The SMILES string of the molecule is Cc1ccc(/C=C(/CNS(=O)(=O)c2ccc(C)cc2)c2ccccc2)cc1. The van der Waals surface area contributed by atoms with Crippen molar-refractivity contribution in [1.29, 1.82) is 0 Å². The largest absolute Gasteiger partial charge is 0.240 e. The Hall–Kier alpha value is -2.69. The first kappa shape index (κ1) is 19.1. The molecule has 0 bridgehead atoms. The molecule has 0 unspecified atom stereocenters. The predicted octanol–water partition coefficient (Wildman–Crippen LogP) is 4.82. The molecular weight excluding hydrogens is 354 g/mol. The van der Waals surface area contributed by atoms with Crippen LogP contribution in [-0.4, -0.2) is 15.0 Å². The maximum atomic E-state index is 12.6. The molecule has 0 amide bonds. The molecule has 0 aliphatic carbocycles. The van der Waals surface area contributed by atoms with Gasteiger partial charge in [-0.3, -0.25) is 0 Å². The second kappa shape index (κ2) is 8.33. The van der Waals surface area contributed by atoms with Gasteiger partial charge in [0.25, 0.3) is 0 Å². The highest BCUT2D eigenvalue weighted by Crippen LogP contribution is 2.19. The van der Waals surface area contributed by atoms with Crippen molar-refractivity contribution >= 4 is 21.7 Å². The van der Waals surface area contributed by atoms with Crippen molar-refractivity contribution in [2.24, 2.45) is 0 Å². The fraction of sp³-hybridized carbons (Fsp3) is 0.130. The van der Waals surface area contributed by atoms with Crippen LogP contribution in [0.5, 0.6) is 0 Å². The lowest BCUT2D eigenvalue weighted by atomic mass is 10.0. The van der Waals surface area contributed by atoms with Gasteiger partial charge in [-0.25, -0.2) is 13.1 Å². The molecule has 0 radical (unpaired) electrons. The third-order valence-electron chi connectivity index (χ3n) is 4.35. The first-order valence-corrected chi connectivity index (χ1v) is 10.3. The lowest BCUT2D eigenvalue weighted by Crippen LogP contribution is -2.25. The van der Waals surface area contributed by atoms with E-state index in [-0.39, 0.29) is 11.4 Å². The van der Waals surface area contributed by atoms with Crippen LogP contribution in [-0.2, 0) is 10.0 Å². The molecule has 3 nitrogen and oxygen atoms in total. The normalized spacial score (nSPS) is 12.1. The summed E-state index contributed by atoms with van der Waals surface area (Å²) < 4.78 is 28.0. The van der Waals surface area contributed by atoms with E-state index < -0.39 is 10.0 Å². The van der Waals surface area contributed by atoms with Gasteiger partial charge >= 0.3 is 0 Å². The van der Waals surface area contributed by atoms with Crippen LogP contribution in [0.15, 0.2) is 83.8 Å². The second-order valence-electron chi connectivity index (χ2n) is 6.58. The van der Waals surface area contributed by atoms with Crippen LogP contribution >= 0.6 is 0 Å². The van der Waals surface area contributed by atoms with E-state index in [2.05, 4.69) is 4.72 Å². The maximum Gasteiger partial charge on any atom is 0.240 e. The quantitative estimate of drug-likeness (QED) is 0.626. The highest BCUT2D eigenvalue weighted by Gasteiger charge is 2.14. The van der Waals surface area contributed by atoms with Gasteiger partial charge in [-0.05, 0) is 48.8 Å². The van der Waals surface area contributed by atoms with Gasteiger partial charge in [-0.1, -0.05) is 77.9 Å². The minimum Gasteiger partial charge on any atom is -0.207 e. The molecule has 3 aromatic rings. The van der Waals surface area contributed by atoms with E-state index >= 15 is 0 Å². The van der Waals surface area contributed by atoms with Crippen molar-refractivity contribution < 1.29 is 8.42 Å². The molecule has 3 aromatic carbocycles. The Labute approximate surface area is 161 Å². The number of hydrogen-bond acceptors (Lipinski definition) is 2. The Morgan fingerprint density at radius 2 is 1.37 bits per heavy atom. The third-order valence-corrected chi connectivity index (χ3v) is 5.76. The summed E-state index contributed by atoms with van der Waals surface area (Å²) in [4.78, 5) is 0.274. The van der Waals surface area contributed by atoms with Gasteiger partial charge in [0.2, 0.25) is 10.0 Å². The van der Waals surface area contributed by atoms with Crippen molar-refractivity contribution in [3.63, 3.8) is 0 Å². The summed E-state index contributed by atoms with van der Waals surface area (Å²) in [5, 5.41) is 0. The number of benzene rings is 3. The molecule has 0 saturated heterocycles. The van der Waals surface area contributed by atoms with Crippen molar-refractivity contribution in [2.75, 3.05) is 6.54 Å². The van der Waals surface area contributed by atoms with Crippen LogP contribution in [0.2, 0.25) is 0 Å². The minimum atomic E-state index is -3.57. The standard InChI is InChI=1S/C23H23NO2S/c1-18-8-12-20(13-9-18)16-22(21-6-4-3-5-7-21)17-24-27(25,26)23-14-10-19(2)11-15-23/h3-16,24H,17H2,1-2H3/b22-16-. The molecule has 27 heavy (non-hydrogen) atoms. The van der Waals surface area contributed by atoms with Gasteiger partial charge in [0.15, 0.2) is 0 Å². The zero-order valence-corrected chi connectivity index (χ0v) is 16.3. The summed E-state index contributed by atoms with van der Waals surface area (Å²) in [6.45, 7) is 4.19. The molecule has 1 N–H and O–H groups in total. The Kier molecular flexibility index (Phi) is 5.89. The monoisotopic (exact) mass is 377 g/mol. The molecule has 0 heterocycles. The van der Waals surface area contributed by atoms with Gasteiger partial charge in [-0.2, -0.15) is 0 Å². The van der Waals surface area contributed by atoms with Gasteiger partial charge in [0.05, 0.1) is 4.90 Å². The highest BCUT2D eigenvalue weighted by atomic mass is 32.2. The lowest BCUT2D eigenvalue weighted by molar-refractivity contribution is 0.586. The summed E-state index contributed by atoms with van der Waals surface area (Å²) in [7, 11) is -3.57. The second-order valence-corrected chi connectivity index (χ2v) is 8.35. The van der Waals surface area contributed by atoms with E-state index in [0.717, 1.165) is 22.3 Å². The average Bonchev–Trinajstić information content (AvgIpc) is 2.68. The van der Waals surface area contributed by atoms with Crippen molar-refractivity contribution in [3.8, 4) is 0 Å². The topological polar surface area (TPSA) is 46.2 Å². The van der Waals surface area contributed by atoms with Crippen LogP contribution in [0.3, 0.4) is 0 Å². The summed E-state index contributed by atoms with van der Waals surface area (Å²) in [5.41, 5.74) is 5.15. The van der Waals surface area contributed by atoms with Crippen LogP contribution in [0, 0.1) is 13.8 Å². The third kappa shape index (κ3) is 5.16. The van der Waals surface area contributed by atoms with E-state index in [4.69, 9.17) is 0 Å².